The summed E-state index contributed by atoms with van der Waals surface area (Å²) in [5.41, 5.74) is 0.866. The molecule has 1 aromatic carbocycles. The standard InChI is InChI=1S/C13H16FNO2/c14-11-5-3-10(4-6-11)9-12(13(16)17)15-7-1-2-8-15/h3-6,12H,1-2,7-9H2,(H,16,17)/t12-/m0/s1. The Morgan fingerprint density at radius 3 is 2.41 bits per heavy atom. The maximum atomic E-state index is 12.8. The lowest BCUT2D eigenvalue weighted by Gasteiger charge is -2.23. The summed E-state index contributed by atoms with van der Waals surface area (Å²) in [5.74, 6) is -1.09. The van der Waals surface area contributed by atoms with Crippen molar-refractivity contribution in [2.45, 2.75) is 25.3 Å². The molecular formula is C13H16FNO2. The highest BCUT2D eigenvalue weighted by molar-refractivity contribution is 5.74. The first-order chi connectivity index (χ1) is 8.16. The zero-order valence-electron chi connectivity index (χ0n) is 9.60. The number of carboxylic acids is 1. The van der Waals surface area contributed by atoms with Crippen molar-refractivity contribution in [2.75, 3.05) is 13.1 Å². The second kappa shape index (κ2) is 5.27. The van der Waals surface area contributed by atoms with Crippen LogP contribution in [0.25, 0.3) is 0 Å². The quantitative estimate of drug-likeness (QED) is 0.869. The Morgan fingerprint density at radius 1 is 1.29 bits per heavy atom. The zero-order valence-corrected chi connectivity index (χ0v) is 9.60. The normalized spacial score (nSPS) is 18.2. The highest BCUT2D eigenvalue weighted by Gasteiger charge is 2.27. The fourth-order valence-electron chi connectivity index (χ4n) is 2.27. The lowest BCUT2D eigenvalue weighted by molar-refractivity contribution is -0.142. The Bertz CT molecular complexity index is 385. The third-order valence-corrected chi connectivity index (χ3v) is 3.21. The molecule has 1 atom stereocenters. The third kappa shape index (κ3) is 3.03. The summed E-state index contributed by atoms with van der Waals surface area (Å²) >= 11 is 0. The number of hydrogen-bond acceptors (Lipinski definition) is 2. The average molecular weight is 237 g/mol. The second-order valence-corrected chi connectivity index (χ2v) is 4.43. The van der Waals surface area contributed by atoms with E-state index < -0.39 is 12.0 Å². The molecule has 1 N–H and O–H groups in total. The van der Waals surface area contributed by atoms with Crippen molar-refractivity contribution in [3.8, 4) is 0 Å². The first-order valence-corrected chi connectivity index (χ1v) is 5.88. The molecule has 1 heterocycles. The summed E-state index contributed by atoms with van der Waals surface area (Å²) in [6.45, 7) is 1.69. The van der Waals surface area contributed by atoms with E-state index in [4.69, 9.17) is 0 Å². The lowest BCUT2D eigenvalue weighted by atomic mass is 10.0. The number of carboxylic acid groups (broad SMARTS) is 1. The van der Waals surface area contributed by atoms with Crippen LogP contribution < -0.4 is 0 Å². The Kier molecular flexibility index (Phi) is 3.74. The van der Waals surface area contributed by atoms with Crippen LogP contribution in [0.3, 0.4) is 0 Å². The highest BCUT2D eigenvalue weighted by Crippen LogP contribution is 2.16. The molecule has 0 radical (unpaired) electrons. The largest absolute Gasteiger partial charge is 0.480 e. The number of halogens is 1. The Balaban J connectivity index is 2.06. The van der Waals surface area contributed by atoms with Crippen LogP contribution in [0, 0.1) is 5.82 Å². The number of rotatable bonds is 4. The molecule has 0 amide bonds. The number of carbonyl (C=O) groups is 1. The molecule has 1 fully saturated rings. The van der Waals surface area contributed by atoms with Gasteiger partial charge in [-0.1, -0.05) is 12.1 Å². The molecule has 1 saturated heterocycles. The van der Waals surface area contributed by atoms with Crippen LogP contribution in [0.5, 0.6) is 0 Å². The van der Waals surface area contributed by atoms with Crippen LogP contribution in [0.15, 0.2) is 24.3 Å². The summed E-state index contributed by atoms with van der Waals surface area (Å²) < 4.78 is 12.8. The predicted octanol–water partition coefficient (Wildman–Crippen LogP) is 1.92. The fraction of sp³-hybridized carbons (Fsp3) is 0.462. The van der Waals surface area contributed by atoms with Crippen LogP contribution >= 0.6 is 0 Å². The number of nitrogens with zero attached hydrogens (tertiary/aromatic N) is 1. The van der Waals surface area contributed by atoms with Crippen molar-refractivity contribution in [2.24, 2.45) is 0 Å². The fourth-order valence-corrected chi connectivity index (χ4v) is 2.27. The molecule has 0 bridgehead atoms. The molecule has 1 aliphatic rings. The van der Waals surface area contributed by atoms with Gasteiger partial charge in [0.2, 0.25) is 0 Å². The van der Waals surface area contributed by atoms with Gasteiger partial charge in [-0.25, -0.2) is 4.39 Å². The molecule has 0 aliphatic carbocycles. The summed E-state index contributed by atoms with van der Waals surface area (Å²) in [6, 6.07) is 5.57. The Morgan fingerprint density at radius 2 is 1.88 bits per heavy atom. The van der Waals surface area contributed by atoms with Gasteiger partial charge in [0.15, 0.2) is 0 Å². The summed E-state index contributed by atoms with van der Waals surface area (Å²) in [7, 11) is 0. The van der Waals surface area contributed by atoms with E-state index in [9.17, 15) is 14.3 Å². The average Bonchev–Trinajstić information content (AvgIpc) is 2.81. The van der Waals surface area contributed by atoms with Crippen molar-refractivity contribution < 1.29 is 14.3 Å². The van der Waals surface area contributed by atoms with Gasteiger partial charge in [-0.2, -0.15) is 0 Å². The molecule has 1 aliphatic heterocycles. The molecule has 0 saturated carbocycles. The van der Waals surface area contributed by atoms with Gasteiger partial charge in [-0.15, -0.1) is 0 Å². The molecule has 2 rings (SSSR count). The molecule has 17 heavy (non-hydrogen) atoms. The van der Waals surface area contributed by atoms with E-state index >= 15 is 0 Å². The lowest BCUT2D eigenvalue weighted by Crippen LogP contribution is -2.40. The molecule has 92 valence electrons. The molecule has 4 heteroatoms. The van der Waals surface area contributed by atoms with E-state index in [0.717, 1.165) is 31.5 Å². The maximum absolute atomic E-state index is 12.8. The van der Waals surface area contributed by atoms with E-state index in [-0.39, 0.29) is 5.82 Å². The Labute approximate surface area is 99.9 Å². The molecular weight excluding hydrogens is 221 g/mol. The van der Waals surface area contributed by atoms with Gasteiger partial charge < -0.3 is 5.11 Å². The van der Waals surface area contributed by atoms with Crippen molar-refractivity contribution in [1.29, 1.82) is 0 Å². The minimum Gasteiger partial charge on any atom is -0.480 e. The second-order valence-electron chi connectivity index (χ2n) is 4.43. The van der Waals surface area contributed by atoms with Crippen LogP contribution in [0.2, 0.25) is 0 Å². The van der Waals surface area contributed by atoms with Crippen molar-refractivity contribution in [3.63, 3.8) is 0 Å². The first kappa shape index (κ1) is 12.0. The van der Waals surface area contributed by atoms with Crippen molar-refractivity contribution in [3.05, 3.63) is 35.6 Å². The molecule has 0 aromatic heterocycles. The number of benzene rings is 1. The summed E-state index contributed by atoms with van der Waals surface area (Å²) in [4.78, 5) is 13.2. The van der Waals surface area contributed by atoms with E-state index in [0.29, 0.717) is 6.42 Å². The third-order valence-electron chi connectivity index (χ3n) is 3.21. The van der Waals surface area contributed by atoms with Crippen LogP contribution in [0.1, 0.15) is 18.4 Å². The van der Waals surface area contributed by atoms with Gasteiger partial charge in [0, 0.05) is 0 Å². The topological polar surface area (TPSA) is 40.5 Å². The number of likely N-dealkylation sites (tertiary alicyclic amines) is 1. The minimum atomic E-state index is -0.795. The maximum Gasteiger partial charge on any atom is 0.321 e. The van der Waals surface area contributed by atoms with Gasteiger partial charge in [0.25, 0.3) is 0 Å². The van der Waals surface area contributed by atoms with Gasteiger partial charge in [0.1, 0.15) is 11.9 Å². The first-order valence-electron chi connectivity index (χ1n) is 5.88. The van der Waals surface area contributed by atoms with E-state index in [1.54, 1.807) is 12.1 Å². The van der Waals surface area contributed by atoms with Gasteiger partial charge in [-0.3, -0.25) is 9.69 Å². The van der Waals surface area contributed by atoms with E-state index in [1.165, 1.54) is 12.1 Å². The smallest absolute Gasteiger partial charge is 0.321 e. The van der Waals surface area contributed by atoms with Crippen LogP contribution in [0.4, 0.5) is 4.39 Å². The number of aliphatic carboxylic acids is 1. The van der Waals surface area contributed by atoms with Crippen molar-refractivity contribution >= 4 is 5.97 Å². The molecule has 0 spiro atoms. The van der Waals surface area contributed by atoms with Gasteiger partial charge >= 0.3 is 5.97 Å². The van der Waals surface area contributed by atoms with Crippen LogP contribution in [-0.2, 0) is 11.2 Å². The Hall–Kier alpha value is -1.42. The van der Waals surface area contributed by atoms with Gasteiger partial charge in [-0.05, 0) is 50.0 Å². The highest BCUT2D eigenvalue weighted by atomic mass is 19.1. The monoisotopic (exact) mass is 237 g/mol. The number of hydrogen-bond donors (Lipinski definition) is 1. The van der Waals surface area contributed by atoms with Crippen molar-refractivity contribution in [1.82, 2.24) is 4.90 Å². The summed E-state index contributed by atoms with van der Waals surface area (Å²) in [6.07, 6.45) is 2.57. The molecule has 3 nitrogen and oxygen atoms in total. The zero-order chi connectivity index (χ0) is 12.3. The molecule has 0 unspecified atom stereocenters. The van der Waals surface area contributed by atoms with E-state index in [2.05, 4.69) is 0 Å². The SMILES string of the molecule is O=C(O)[C@H](Cc1ccc(F)cc1)N1CCCC1. The predicted molar refractivity (Wildman–Crippen MR) is 62.3 cm³/mol. The minimum absolute atomic E-state index is 0.290. The van der Waals surface area contributed by atoms with Gasteiger partial charge in [0.05, 0.1) is 0 Å². The summed E-state index contributed by atoms with van der Waals surface area (Å²) in [5, 5.41) is 9.23. The van der Waals surface area contributed by atoms with E-state index in [1.807, 2.05) is 4.90 Å². The van der Waals surface area contributed by atoms with Crippen LogP contribution in [-0.4, -0.2) is 35.1 Å². The molecule has 1 aromatic rings.